The summed E-state index contributed by atoms with van der Waals surface area (Å²) in [5.41, 5.74) is 17.2. The molecule has 5 nitrogen and oxygen atoms in total. The van der Waals surface area contributed by atoms with E-state index in [1.807, 2.05) is 18.2 Å². The van der Waals surface area contributed by atoms with E-state index in [4.69, 9.17) is 4.18 Å². The fourth-order valence-corrected chi connectivity index (χ4v) is 10.7. The molecule has 1 aliphatic rings. The van der Waals surface area contributed by atoms with E-state index < -0.39 is 10.1 Å². The third-order valence-corrected chi connectivity index (χ3v) is 14.6. The van der Waals surface area contributed by atoms with Crippen LogP contribution in [0.4, 0.5) is 11.4 Å². The average molecular weight is 875 g/mol. The predicted octanol–water partition coefficient (Wildman–Crippen LogP) is 15.9. The fraction of sp³-hybridized carbons (Fsp3) is 0.379. The van der Waals surface area contributed by atoms with E-state index in [1.165, 1.54) is 62.7 Å². The van der Waals surface area contributed by atoms with Gasteiger partial charge in [-0.05, 0) is 133 Å². The monoisotopic (exact) mass is 875 g/mol. The summed E-state index contributed by atoms with van der Waals surface area (Å²) in [4.78, 5) is 4.96. The van der Waals surface area contributed by atoms with Gasteiger partial charge in [0.25, 0.3) is 10.1 Å². The lowest BCUT2D eigenvalue weighted by molar-refractivity contribution is 0.397. The van der Waals surface area contributed by atoms with Crippen LogP contribution in [0.5, 0.6) is 0 Å². The largest absolute Gasteiger partial charge is 0.344 e. The minimum Gasteiger partial charge on any atom is -0.344 e. The van der Waals surface area contributed by atoms with Gasteiger partial charge < -0.3 is 9.80 Å². The Balaban J connectivity index is 1.62. The molecular formula is C58H70N2O3S. The van der Waals surface area contributed by atoms with Crippen LogP contribution in [0.2, 0.25) is 0 Å². The van der Waals surface area contributed by atoms with Crippen LogP contribution in [0.3, 0.4) is 0 Å². The number of para-hydroxylation sites is 1. The first-order chi connectivity index (χ1) is 30.4. The van der Waals surface area contributed by atoms with Gasteiger partial charge in [-0.3, -0.25) is 4.18 Å². The van der Waals surface area contributed by atoms with Gasteiger partial charge in [-0.2, -0.15) is 8.42 Å². The van der Waals surface area contributed by atoms with E-state index in [2.05, 4.69) is 190 Å². The highest BCUT2D eigenvalue weighted by molar-refractivity contribution is 7.87. The molecule has 2 atom stereocenters. The number of anilines is 2. The second-order valence-corrected chi connectivity index (χ2v) is 21.4. The van der Waals surface area contributed by atoms with Gasteiger partial charge in [-0.1, -0.05) is 180 Å². The lowest BCUT2D eigenvalue weighted by Gasteiger charge is -2.32. The zero-order chi connectivity index (χ0) is 46.2. The van der Waals surface area contributed by atoms with E-state index in [0.717, 1.165) is 16.8 Å². The van der Waals surface area contributed by atoms with Gasteiger partial charge in [-0.25, -0.2) is 0 Å². The maximum atomic E-state index is 13.7. The molecule has 0 aromatic heterocycles. The minimum atomic E-state index is -4.05. The Morgan fingerprint density at radius 2 is 0.844 bits per heavy atom. The van der Waals surface area contributed by atoms with Gasteiger partial charge >= 0.3 is 0 Å². The molecule has 0 N–H and O–H groups in total. The summed E-state index contributed by atoms with van der Waals surface area (Å²) in [6.45, 7) is 28.3. The van der Waals surface area contributed by atoms with Crippen molar-refractivity contribution in [3.05, 3.63) is 172 Å². The zero-order valence-corrected chi connectivity index (χ0v) is 41.3. The molecule has 0 unspecified atom stereocenters. The van der Waals surface area contributed by atoms with Crippen LogP contribution in [0.15, 0.2) is 132 Å². The molecule has 0 spiro atoms. The molecule has 6 aromatic carbocycles. The number of hydrogen-bond donors (Lipinski definition) is 0. The van der Waals surface area contributed by atoms with E-state index in [0.29, 0.717) is 47.9 Å². The SMILES string of the molecule is COS(=O)(=O)c1ccccc1N1CN(c2cc(-c3c(C(C)C)cc(C(C)C)cc3C(C)C)cc(-c3c(C(C)C)cc(C(C)C)cc3C(C)C)c2)[C@@H](c2ccccc2)[C@@H]1c1ccccc1. The van der Waals surface area contributed by atoms with Gasteiger partial charge in [0.2, 0.25) is 0 Å². The van der Waals surface area contributed by atoms with Crippen LogP contribution in [0.1, 0.15) is 175 Å². The Hall–Kier alpha value is -5.17. The maximum absolute atomic E-state index is 13.7. The van der Waals surface area contributed by atoms with Crippen molar-refractivity contribution in [1.82, 2.24) is 0 Å². The van der Waals surface area contributed by atoms with Gasteiger partial charge in [0.15, 0.2) is 0 Å². The molecule has 0 aliphatic carbocycles. The Kier molecular flexibility index (Phi) is 14.0. The summed E-state index contributed by atoms with van der Waals surface area (Å²) < 4.78 is 32.7. The summed E-state index contributed by atoms with van der Waals surface area (Å²) >= 11 is 0. The maximum Gasteiger partial charge on any atom is 0.298 e. The van der Waals surface area contributed by atoms with Crippen molar-refractivity contribution in [3.8, 4) is 22.3 Å². The number of hydrogen-bond acceptors (Lipinski definition) is 5. The molecule has 1 saturated heterocycles. The highest BCUT2D eigenvalue weighted by Crippen LogP contribution is 2.52. The van der Waals surface area contributed by atoms with Gasteiger partial charge in [0, 0.05) is 5.69 Å². The molecule has 6 aromatic rings. The summed E-state index contributed by atoms with van der Waals surface area (Å²) in [6, 6.07) is 45.3. The Labute approximate surface area is 385 Å². The van der Waals surface area contributed by atoms with E-state index >= 15 is 0 Å². The first kappa shape index (κ1) is 46.8. The van der Waals surface area contributed by atoms with Crippen molar-refractivity contribution in [2.45, 2.75) is 136 Å². The van der Waals surface area contributed by atoms with Crippen molar-refractivity contribution in [2.75, 3.05) is 23.6 Å². The Morgan fingerprint density at radius 1 is 0.469 bits per heavy atom. The molecule has 0 radical (unpaired) electrons. The molecule has 7 rings (SSSR count). The standard InChI is InChI=1S/C58H70N2O3S/c1-36(2)44-31-49(38(5)6)55(50(32-44)39(7)8)46-28-47(56-51(40(9)10)33-45(37(3)4)34-52(56)41(11)12)30-48(29-46)59-35-60(53-26-20-21-27-54(53)64(61,62)63-13)58(43-24-18-15-19-25-43)57(59)42-22-16-14-17-23-42/h14-34,36-41,57-58H,35H2,1-13H3/t57-,58-/m0/s1. The predicted molar refractivity (Wildman–Crippen MR) is 271 cm³/mol. The quantitative estimate of drug-likeness (QED) is 0.102. The van der Waals surface area contributed by atoms with E-state index in [-0.39, 0.29) is 17.0 Å². The van der Waals surface area contributed by atoms with Crippen LogP contribution in [-0.2, 0) is 14.3 Å². The molecule has 6 heteroatoms. The van der Waals surface area contributed by atoms with Gasteiger partial charge in [0.1, 0.15) is 4.90 Å². The van der Waals surface area contributed by atoms with Crippen LogP contribution in [-0.4, -0.2) is 22.2 Å². The molecule has 336 valence electrons. The molecular weight excluding hydrogens is 805 g/mol. The topological polar surface area (TPSA) is 49.9 Å². The van der Waals surface area contributed by atoms with E-state index in [1.54, 1.807) is 12.1 Å². The van der Waals surface area contributed by atoms with E-state index in [9.17, 15) is 8.42 Å². The van der Waals surface area contributed by atoms with Crippen molar-refractivity contribution >= 4 is 21.5 Å². The zero-order valence-electron chi connectivity index (χ0n) is 40.5. The van der Waals surface area contributed by atoms with Crippen molar-refractivity contribution in [1.29, 1.82) is 0 Å². The summed E-state index contributed by atoms with van der Waals surface area (Å²) in [7, 11) is -2.81. The van der Waals surface area contributed by atoms with Crippen LogP contribution in [0, 0.1) is 0 Å². The highest BCUT2D eigenvalue weighted by atomic mass is 32.2. The Bertz CT molecular complexity index is 2530. The highest BCUT2D eigenvalue weighted by Gasteiger charge is 2.44. The smallest absolute Gasteiger partial charge is 0.298 e. The van der Waals surface area contributed by atoms with Crippen LogP contribution >= 0.6 is 0 Å². The fourth-order valence-electron chi connectivity index (χ4n) is 9.81. The molecule has 0 saturated carbocycles. The minimum absolute atomic E-state index is 0.156. The first-order valence-corrected chi connectivity index (χ1v) is 24.9. The Morgan fingerprint density at radius 3 is 1.22 bits per heavy atom. The number of nitrogens with zero attached hydrogens (tertiary/aromatic N) is 2. The first-order valence-electron chi connectivity index (χ1n) is 23.5. The van der Waals surface area contributed by atoms with Crippen LogP contribution in [0.25, 0.3) is 22.3 Å². The molecule has 1 heterocycles. The molecule has 1 aliphatic heterocycles. The third-order valence-electron chi connectivity index (χ3n) is 13.3. The van der Waals surface area contributed by atoms with Gasteiger partial charge in [-0.15, -0.1) is 0 Å². The second-order valence-electron chi connectivity index (χ2n) is 19.7. The molecule has 0 amide bonds. The lowest BCUT2D eigenvalue weighted by Crippen LogP contribution is -2.27. The molecule has 0 bridgehead atoms. The van der Waals surface area contributed by atoms with Gasteiger partial charge in [0.05, 0.1) is 31.5 Å². The lowest BCUT2D eigenvalue weighted by atomic mass is 9.79. The second kappa shape index (κ2) is 19.1. The average Bonchev–Trinajstić information content (AvgIpc) is 3.69. The van der Waals surface area contributed by atoms with Crippen LogP contribution < -0.4 is 9.80 Å². The van der Waals surface area contributed by atoms with Crippen molar-refractivity contribution in [2.24, 2.45) is 0 Å². The summed E-state index contributed by atoms with van der Waals surface area (Å²) in [5.74, 6) is 1.97. The summed E-state index contributed by atoms with van der Waals surface area (Å²) in [6.07, 6.45) is 0. The normalized spacial score (nSPS) is 15.9. The number of rotatable bonds is 14. The number of benzene rings is 6. The van der Waals surface area contributed by atoms with Crippen molar-refractivity contribution in [3.63, 3.8) is 0 Å². The van der Waals surface area contributed by atoms with Crippen molar-refractivity contribution < 1.29 is 12.6 Å². The molecule has 1 fully saturated rings. The third kappa shape index (κ3) is 9.19. The summed E-state index contributed by atoms with van der Waals surface area (Å²) in [5, 5.41) is 0. The molecule has 64 heavy (non-hydrogen) atoms.